The molecule has 2 aromatic rings. The molecule has 0 radical (unpaired) electrons. The van der Waals surface area contributed by atoms with Crippen LogP contribution in [-0.4, -0.2) is 18.7 Å². The fourth-order valence-electron chi connectivity index (χ4n) is 1.43. The summed E-state index contributed by atoms with van der Waals surface area (Å²) >= 11 is 1.54. The number of nitrogens with zero attached hydrogens (tertiary/aromatic N) is 1. The Kier molecular flexibility index (Phi) is 3.31. The molecular weight excluding hydrogens is 254 g/mol. The lowest BCUT2D eigenvalue weighted by Gasteiger charge is -2.07. The van der Waals surface area contributed by atoms with Crippen LogP contribution in [-0.2, 0) is 9.84 Å². The van der Waals surface area contributed by atoms with E-state index in [0.29, 0.717) is 4.90 Å². The van der Waals surface area contributed by atoms with Crippen LogP contribution in [0, 0.1) is 0 Å². The van der Waals surface area contributed by atoms with Crippen molar-refractivity contribution in [3.8, 4) is 10.6 Å². The second-order valence-electron chi connectivity index (χ2n) is 3.96. The monoisotopic (exact) mass is 267 g/mol. The zero-order chi connectivity index (χ0) is 12.5. The Morgan fingerprint density at radius 3 is 2.29 bits per heavy atom. The molecule has 0 N–H and O–H groups in total. The highest BCUT2D eigenvalue weighted by Crippen LogP contribution is 2.24. The van der Waals surface area contributed by atoms with Crippen LogP contribution in [0.2, 0.25) is 0 Å². The molecule has 90 valence electrons. The Balaban J connectivity index is 2.38. The molecule has 0 fully saturated rings. The molecule has 1 heterocycles. The van der Waals surface area contributed by atoms with Gasteiger partial charge in [0.05, 0.1) is 10.1 Å². The number of sulfone groups is 1. The molecule has 0 aliphatic heterocycles. The van der Waals surface area contributed by atoms with Gasteiger partial charge in [-0.15, -0.1) is 11.3 Å². The minimum atomic E-state index is -3.18. The molecule has 0 bridgehead atoms. The summed E-state index contributed by atoms with van der Waals surface area (Å²) in [6.07, 6.45) is 1.73. The van der Waals surface area contributed by atoms with Crippen LogP contribution in [0.3, 0.4) is 0 Å². The molecule has 1 aromatic carbocycles. The number of aromatic nitrogens is 1. The van der Waals surface area contributed by atoms with Crippen LogP contribution in [0.25, 0.3) is 10.6 Å². The first-order valence-electron chi connectivity index (χ1n) is 5.25. The molecule has 3 nitrogen and oxygen atoms in total. The molecule has 0 atom stereocenters. The van der Waals surface area contributed by atoms with Crippen molar-refractivity contribution in [2.45, 2.75) is 24.0 Å². The molecule has 0 saturated carbocycles. The van der Waals surface area contributed by atoms with E-state index in [1.807, 2.05) is 5.38 Å². The van der Waals surface area contributed by atoms with E-state index >= 15 is 0 Å². The lowest BCUT2D eigenvalue weighted by Crippen LogP contribution is -2.13. The molecule has 2 rings (SSSR count). The van der Waals surface area contributed by atoms with Gasteiger partial charge in [0.15, 0.2) is 9.84 Å². The van der Waals surface area contributed by atoms with Crippen molar-refractivity contribution in [3.05, 3.63) is 35.8 Å². The van der Waals surface area contributed by atoms with Crippen molar-refractivity contribution < 1.29 is 8.42 Å². The molecule has 0 amide bonds. The van der Waals surface area contributed by atoms with Gasteiger partial charge in [-0.3, -0.25) is 0 Å². The summed E-state index contributed by atoms with van der Waals surface area (Å²) in [5.74, 6) is 0. The lowest BCUT2D eigenvalue weighted by molar-refractivity contribution is 0.587. The summed E-state index contributed by atoms with van der Waals surface area (Å²) in [6, 6.07) is 6.89. The maximum Gasteiger partial charge on any atom is 0.180 e. The molecule has 0 aliphatic rings. The lowest BCUT2D eigenvalue weighted by atomic mass is 10.2. The summed E-state index contributed by atoms with van der Waals surface area (Å²) in [5.41, 5.74) is 0.947. The third kappa shape index (κ3) is 2.40. The predicted molar refractivity (Wildman–Crippen MR) is 69.9 cm³/mol. The highest BCUT2D eigenvalue weighted by atomic mass is 32.2. The minimum Gasteiger partial charge on any atom is -0.245 e. The van der Waals surface area contributed by atoms with E-state index in [1.165, 1.54) is 11.3 Å². The first kappa shape index (κ1) is 12.3. The summed E-state index contributed by atoms with van der Waals surface area (Å²) in [7, 11) is -3.18. The van der Waals surface area contributed by atoms with Crippen molar-refractivity contribution in [1.82, 2.24) is 4.98 Å². The topological polar surface area (TPSA) is 47.0 Å². The zero-order valence-electron chi connectivity index (χ0n) is 9.62. The van der Waals surface area contributed by atoms with Gasteiger partial charge >= 0.3 is 0 Å². The molecule has 0 unspecified atom stereocenters. The van der Waals surface area contributed by atoms with Gasteiger partial charge in [0.2, 0.25) is 0 Å². The van der Waals surface area contributed by atoms with Gasteiger partial charge in [0.25, 0.3) is 0 Å². The summed E-state index contributed by atoms with van der Waals surface area (Å²) < 4.78 is 23.8. The van der Waals surface area contributed by atoms with Gasteiger partial charge in [0.1, 0.15) is 5.01 Å². The van der Waals surface area contributed by atoms with E-state index in [1.54, 1.807) is 44.3 Å². The van der Waals surface area contributed by atoms with Crippen molar-refractivity contribution >= 4 is 21.2 Å². The van der Waals surface area contributed by atoms with E-state index in [-0.39, 0.29) is 0 Å². The van der Waals surface area contributed by atoms with Crippen molar-refractivity contribution in [2.24, 2.45) is 0 Å². The fraction of sp³-hybridized carbons (Fsp3) is 0.250. The standard InChI is InChI=1S/C12H13NO2S2/c1-9(2)17(14,15)11-5-3-10(4-6-11)12-13-7-8-16-12/h3-9H,1-2H3. The van der Waals surface area contributed by atoms with Crippen molar-refractivity contribution in [3.63, 3.8) is 0 Å². The number of rotatable bonds is 3. The van der Waals surface area contributed by atoms with Crippen LogP contribution in [0.1, 0.15) is 13.8 Å². The summed E-state index contributed by atoms with van der Waals surface area (Å²) in [5, 5.41) is 2.40. The number of hydrogen-bond acceptors (Lipinski definition) is 4. The normalized spacial score (nSPS) is 11.9. The Bertz CT molecular complexity index is 584. The van der Waals surface area contributed by atoms with E-state index in [2.05, 4.69) is 4.98 Å². The Hall–Kier alpha value is -1.20. The Labute approximate surface area is 105 Å². The number of hydrogen-bond donors (Lipinski definition) is 0. The van der Waals surface area contributed by atoms with Crippen LogP contribution in [0.5, 0.6) is 0 Å². The maximum absolute atomic E-state index is 11.9. The van der Waals surface area contributed by atoms with Crippen molar-refractivity contribution in [1.29, 1.82) is 0 Å². The number of thiazole rings is 1. The van der Waals surface area contributed by atoms with Gasteiger partial charge in [0, 0.05) is 17.1 Å². The third-order valence-electron chi connectivity index (χ3n) is 2.48. The first-order chi connectivity index (χ1) is 8.01. The second kappa shape index (κ2) is 4.58. The molecule has 5 heteroatoms. The Morgan fingerprint density at radius 2 is 1.82 bits per heavy atom. The SMILES string of the molecule is CC(C)S(=O)(=O)c1ccc(-c2nccs2)cc1. The quantitative estimate of drug-likeness (QED) is 0.859. The molecule has 0 aliphatic carbocycles. The van der Waals surface area contributed by atoms with E-state index in [4.69, 9.17) is 0 Å². The Morgan fingerprint density at radius 1 is 1.18 bits per heavy atom. The maximum atomic E-state index is 11.9. The zero-order valence-corrected chi connectivity index (χ0v) is 11.3. The average molecular weight is 267 g/mol. The average Bonchev–Trinajstić information content (AvgIpc) is 2.82. The number of benzene rings is 1. The predicted octanol–water partition coefficient (Wildman–Crippen LogP) is 2.99. The van der Waals surface area contributed by atoms with Crippen molar-refractivity contribution in [2.75, 3.05) is 0 Å². The van der Waals surface area contributed by atoms with Gasteiger partial charge in [-0.25, -0.2) is 13.4 Å². The highest BCUT2D eigenvalue weighted by molar-refractivity contribution is 7.92. The van der Waals surface area contributed by atoms with Crippen LogP contribution in [0.15, 0.2) is 40.7 Å². The molecule has 1 aromatic heterocycles. The van der Waals surface area contributed by atoms with Gasteiger partial charge in [-0.05, 0) is 26.0 Å². The smallest absolute Gasteiger partial charge is 0.180 e. The summed E-state index contributed by atoms with van der Waals surface area (Å²) in [4.78, 5) is 4.55. The van der Waals surface area contributed by atoms with E-state index < -0.39 is 15.1 Å². The molecule has 0 spiro atoms. The fourth-order valence-corrected chi connectivity index (χ4v) is 3.13. The summed E-state index contributed by atoms with van der Waals surface area (Å²) in [6.45, 7) is 3.37. The van der Waals surface area contributed by atoms with Gasteiger partial charge in [-0.1, -0.05) is 12.1 Å². The third-order valence-corrected chi connectivity index (χ3v) is 5.48. The largest absolute Gasteiger partial charge is 0.245 e. The molecular formula is C12H13NO2S2. The first-order valence-corrected chi connectivity index (χ1v) is 7.68. The second-order valence-corrected chi connectivity index (χ2v) is 7.35. The van der Waals surface area contributed by atoms with Gasteiger partial charge < -0.3 is 0 Å². The minimum absolute atomic E-state index is 0.368. The van der Waals surface area contributed by atoms with Crippen LogP contribution < -0.4 is 0 Å². The molecule has 0 saturated heterocycles. The van der Waals surface area contributed by atoms with Crippen LogP contribution >= 0.6 is 11.3 Å². The van der Waals surface area contributed by atoms with Gasteiger partial charge in [-0.2, -0.15) is 0 Å². The highest BCUT2D eigenvalue weighted by Gasteiger charge is 2.18. The molecule has 17 heavy (non-hydrogen) atoms. The van der Waals surface area contributed by atoms with Crippen LogP contribution in [0.4, 0.5) is 0 Å². The van der Waals surface area contributed by atoms with E-state index in [9.17, 15) is 8.42 Å². The van der Waals surface area contributed by atoms with E-state index in [0.717, 1.165) is 10.6 Å².